The summed E-state index contributed by atoms with van der Waals surface area (Å²) in [6.07, 6.45) is 1.13. The van der Waals surface area contributed by atoms with E-state index in [1.54, 1.807) is 24.3 Å². The van der Waals surface area contributed by atoms with E-state index in [1.807, 2.05) is 6.92 Å². The van der Waals surface area contributed by atoms with Gasteiger partial charge in [-0.25, -0.2) is 0 Å². The summed E-state index contributed by atoms with van der Waals surface area (Å²) < 4.78 is 0. The molecule has 1 aliphatic heterocycles. The third kappa shape index (κ3) is 3.35. The molecule has 2 unspecified atom stereocenters. The summed E-state index contributed by atoms with van der Waals surface area (Å²) in [7, 11) is 4.19. The predicted molar refractivity (Wildman–Crippen MR) is 78.9 cm³/mol. The van der Waals surface area contributed by atoms with Crippen LogP contribution in [0.25, 0.3) is 0 Å². The Morgan fingerprint density at radius 2 is 2.00 bits per heavy atom. The molecular formula is C15H21ClN2O. The lowest BCUT2D eigenvalue weighted by molar-refractivity contribution is 0.0859. The molecule has 1 aliphatic rings. The molecule has 19 heavy (non-hydrogen) atoms. The third-order valence-electron chi connectivity index (χ3n) is 3.98. The zero-order chi connectivity index (χ0) is 14.0. The van der Waals surface area contributed by atoms with Crippen molar-refractivity contribution < 1.29 is 4.79 Å². The highest BCUT2D eigenvalue weighted by Gasteiger charge is 2.30. The minimum absolute atomic E-state index is 0.0638. The second-order valence-corrected chi connectivity index (χ2v) is 5.88. The Hall–Kier alpha value is -0.900. The molecule has 1 aromatic rings. The fourth-order valence-electron chi connectivity index (χ4n) is 2.56. The van der Waals surface area contributed by atoms with Crippen LogP contribution in [0.15, 0.2) is 24.3 Å². The smallest absolute Gasteiger partial charge is 0.179 e. The monoisotopic (exact) mass is 280 g/mol. The maximum Gasteiger partial charge on any atom is 0.179 e. The molecule has 0 aromatic heterocycles. The molecule has 2 atom stereocenters. The summed E-state index contributed by atoms with van der Waals surface area (Å²) in [4.78, 5) is 16.9. The van der Waals surface area contributed by atoms with E-state index in [4.69, 9.17) is 11.6 Å². The van der Waals surface area contributed by atoms with Gasteiger partial charge in [-0.15, -0.1) is 0 Å². The van der Waals surface area contributed by atoms with Gasteiger partial charge < -0.3 is 4.90 Å². The van der Waals surface area contributed by atoms with E-state index in [0.29, 0.717) is 11.1 Å². The Kier molecular flexibility index (Phi) is 4.61. The van der Waals surface area contributed by atoms with Gasteiger partial charge in [-0.1, -0.05) is 11.6 Å². The van der Waals surface area contributed by atoms with Crippen LogP contribution in [0.4, 0.5) is 0 Å². The molecule has 4 heteroatoms. The second kappa shape index (κ2) is 6.04. The second-order valence-electron chi connectivity index (χ2n) is 5.45. The molecule has 3 nitrogen and oxygen atoms in total. The van der Waals surface area contributed by atoms with Crippen LogP contribution < -0.4 is 0 Å². The maximum atomic E-state index is 12.4. The molecule has 0 radical (unpaired) electrons. The first-order valence-electron chi connectivity index (χ1n) is 6.69. The number of carbonyl (C=O) groups excluding carboxylic acids is 1. The van der Waals surface area contributed by atoms with Crippen molar-refractivity contribution in [2.45, 2.75) is 25.4 Å². The molecular weight excluding hydrogens is 260 g/mol. The van der Waals surface area contributed by atoms with Gasteiger partial charge in [0.1, 0.15) is 0 Å². The van der Waals surface area contributed by atoms with Crippen LogP contribution >= 0.6 is 11.6 Å². The van der Waals surface area contributed by atoms with Gasteiger partial charge in [0.2, 0.25) is 0 Å². The lowest BCUT2D eigenvalue weighted by Gasteiger charge is -2.24. The van der Waals surface area contributed by atoms with Gasteiger partial charge in [0, 0.05) is 29.7 Å². The van der Waals surface area contributed by atoms with Gasteiger partial charge >= 0.3 is 0 Å². The van der Waals surface area contributed by atoms with Gasteiger partial charge in [0.25, 0.3) is 0 Å². The normalized spacial score (nSPS) is 21.8. The SMILES string of the molecule is CC(C(=O)c1ccc(Cl)cc1)N1CCC(N(C)C)C1. The molecule has 2 rings (SSSR count). The zero-order valence-electron chi connectivity index (χ0n) is 11.8. The number of halogens is 1. The van der Waals surface area contributed by atoms with Crippen LogP contribution in [0.5, 0.6) is 0 Å². The van der Waals surface area contributed by atoms with Crippen molar-refractivity contribution in [3.63, 3.8) is 0 Å². The molecule has 1 aromatic carbocycles. The van der Waals surface area contributed by atoms with Crippen molar-refractivity contribution in [1.82, 2.24) is 9.80 Å². The van der Waals surface area contributed by atoms with E-state index in [1.165, 1.54) is 0 Å². The molecule has 0 amide bonds. The van der Waals surface area contributed by atoms with Crippen molar-refractivity contribution in [2.75, 3.05) is 27.2 Å². The number of hydrogen-bond acceptors (Lipinski definition) is 3. The first-order chi connectivity index (χ1) is 8.99. The van der Waals surface area contributed by atoms with Crippen molar-refractivity contribution in [3.8, 4) is 0 Å². The molecule has 1 heterocycles. The summed E-state index contributed by atoms with van der Waals surface area (Å²) in [5.74, 6) is 0.177. The Morgan fingerprint density at radius 1 is 1.37 bits per heavy atom. The largest absolute Gasteiger partial charge is 0.305 e. The van der Waals surface area contributed by atoms with E-state index < -0.39 is 0 Å². The number of hydrogen-bond donors (Lipinski definition) is 0. The third-order valence-corrected chi connectivity index (χ3v) is 4.23. The van der Waals surface area contributed by atoms with Gasteiger partial charge in [-0.3, -0.25) is 9.69 Å². The standard InChI is InChI=1S/C15H21ClN2O/c1-11(18-9-8-14(10-18)17(2)3)15(19)12-4-6-13(16)7-5-12/h4-7,11,14H,8-10H2,1-3H3. The minimum Gasteiger partial charge on any atom is -0.305 e. The van der Waals surface area contributed by atoms with Gasteiger partial charge in [0.05, 0.1) is 6.04 Å². The summed E-state index contributed by atoms with van der Waals surface area (Å²) in [5.41, 5.74) is 0.741. The van der Waals surface area contributed by atoms with Crippen molar-refractivity contribution >= 4 is 17.4 Å². The number of likely N-dealkylation sites (tertiary alicyclic amines) is 1. The minimum atomic E-state index is -0.0638. The lowest BCUT2D eigenvalue weighted by Crippen LogP contribution is -2.39. The van der Waals surface area contributed by atoms with E-state index >= 15 is 0 Å². The van der Waals surface area contributed by atoms with Crippen molar-refractivity contribution in [3.05, 3.63) is 34.9 Å². The average Bonchev–Trinajstić information content (AvgIpc) is 2.87. The molecule has 0 N–H and O–H groups in total. The Bertz CT molecular complexity index is 444. The van der Waals surface area contributed by atoms with E-state index in [9.17, 15) is 4.79 Å². The molecule has 0 bridgehead atoms. The number of rotatable bonds is 4. The quantitative estimate of drug-likeness (QED) is 0.792. The highest BCUT2D eigenvalue weighted by molar-refractivity contribution is 6.30. The lowest BCUT2D eigenvalue weighted by atomic mass is 10.0. The van der Waals surface area contributed by atoms with Crippen LogP contribution in [0.1, 0.15) is 23.7 Å². The topological polar surface area (TPSA) is 23.6 Å². The highest BCUT2D eigenvalue weighted by atomic mass is 35.5. The Labute approximate surface area is 120 Å². The van der Waals surface area contributed by atoms with Crippen LogP contribution in [0.3, 0.4) is 0 Å². The van der Waals surface area contributed by atoms with E-state index in [2.05, 4.69) is 23.9 Å². The first kappa shape index (κ1) is 14.5. The summed E-state index contributed by atoms with van der Waals surface area (Å²) in [6.45, 7) is 3.95. The molecule has 1 saturated heterocycles. The van der Waals surface area contributed by atoms with Crippen LogP contribution in [0, 0.1) is 0 Å². The van der Waals surface area contributed by atoms with E-state index in [-0.39, 0.29) is 11.8 Å². The zero-order valence-corrected chi connectivity index (χ0v) is 12.5. The van der Waals surface area contributed by atoms with Crippen LogP contribution in [0.2, 0.25) is 5.02 Å². The number of likely N-dealkylation sites (N-methyl/N-ethyl adjacent to an activating group) is 1. The molecule has 104 valence electrons. The Morgan fingerprint density at radius 3 is 2.53 bits per heavy atom. The van der Waals surface area contributed by atoms with Crippen LogP contribution in [-0.2, 0) is 0 Å². The highest BCUT2D eigenvalue weighted by Crippen LogP contribution is 2.19. The fraction of sp³-hybridized carbons (Fsp3) is 0.533. The average molecular weight is 281 g/mol. The first-order valence-corrected chi connectivity index (χ1v) is 7.07. The van der Waals surface area contributed by atoms with Gasteiger partial charge in [0.15, 0.2) is 5.78 Å². The molecule has 0 aliphatic carbocycles. The number of Topliss-reactive ketones (excluding diaryl/α,β-unsaturated/α-hetero) is 1. The molecule has 0 saturated carbocycles. The maximum absolute atomic E-state index is 12.4. The van der Waals surface area contributed by atoms with Gasteiger partial charge in [-0.2, -0.15) is 0 Å². The number of nitrogens with zero attached hydrogens (tertiary/aromatic N) is 2. The van der Waals surface area contributed by atoms with Crippen molar-refractivity contribution in [1.29, 1.82) is 0 Å². The Balaban J connectivity index is 2.02. The number of carbonyl (C=O) groups is 1. The molecule has 1 fully saturated rings. The fourth-order valence-corrected chi connectivity index (χ4v) is 2.69. The predicted octanol–water partition coefficient (Wildman–Crippen LogP) is 2.55. The van der Waals surface area contributed by atoms with Crippen LogP contribution in [-0.4, -0.2) is 54.9 Å². The number of benzene rings is 1. The summed E-state index contributed by atoms with van der Waals surface area (Å²) in [6, 6.07) is 7.65. The number of ketones is 1. The molecule has 0 spiro atoms. The van der Waals surface area contributed by atoms with E-state index in [0.717, 1.165) is 25.1 Å². The summed E-state index contributed by atoms with van der Waals surface area (Å²) >= 11 is 5.85. The van der Waals surface area contributed by atoms with Crippen molar-refractivity contribution in [2.24, 2.45) is 0 Å². The van der Waals surface area contributed by atoms with Gasteiger partial charge in [-0.05, 0) is 51.7 Å². The summed E-state index contributed by atoms with van der Waals surface area (Å²) in [5, 5.41) is 0.665.